The standard InChI is InChI=1S/C11H12N2O2/c1-14-11(15-2)10(7-12)6-9-4-3-5-13-8-9/h3-6,8,11H,1-2H3. The minimum atomic E-state index is -0.629. The summed E-state index contributed by atoms with van der Waals surface area (Å²) in [5.41, 5.74) is 1.25. The number of pyridine rings is 1. The third-order valence-corrected chi connectivity index (χ3v) is 1.82. The van der Waals surface area contributed by atoms with E-state index >= 15 is 0 Å². The lowest BCUT2D eigenvalue weighted by molar-refractivity contribution is -0.0712. The Balaban J connectivity index is 2.93. The molecular formula is C11H12N2O2. The minimum Gasteiger partial charge on any atom is -0.351 e. The Morgan fingerprint density at radius 2 is 2.27 bits per heavy atom. The molecule has 0 spiro atoms. The highest BCUT2D eigenvalue weighted by molar-refractivity contribution is 5.56. The molecule has 0 saturated carbocycles. The average molecular weight is 204 g/mol. The zero-order valence-corrected chi connectivity index (χ0v) is 8.68. The van der Waals surface area contributed by atoms with E-state index in [9.17, 15) is 0 Å². The molecule has 15 heavy (non-hydrogen) atoms. The van der Waals surface area contributed by atoms with Crippen molar-refractivity contribution in [1.82, 2.24) is 4.98 Å². The molecule has 0 aliphatic rings. The molecule has 1 aromatic heterocycles. The quantitative estimate of drug-likeness (QED) is 0.552. The summed E-state index contributed by atoms with van der Waals surface area (Å²) in [4.78, 5) is 3.95. The van der Waals surface area contributed by atoms with Gasteiger partial charge in [-0.3, -0.25) is 4.98 Å². The van der Waals surface area contributed by atoms with E-state index in [2.05, 4.69) is 4.98 Å². The van der Waals surface area contributed by atoms with Crippen molar-refractivity contribution in [2.75, 3.05) is 14.2 Å². The third kappa shape index (κ3) is 3.17. The molecule has 78 valence electrons. The van der Waals surface area contributed by atoms with E-state index in [-0.39, 0.29) is 0 Å². The molecule has 0 bridgehead atoms. The Bertz CT molecular complexity index is 364. The highest BCUT2D eigenvalue weighted by Crippen LogP contribution is 2.11. The molecule has 4 nitrogen and oxygen atoms in total. The summed E-state index contributed by atoms with van der Waals surface area (Å²) >= 11 is 0. The Hall–Kier alpha value is -1.70. The maximum Gasteiger partial charge on any atom is 0.193 e. The Morgan fingerprint density at radius 1 is 1.53 bits per heavy atom. The van der Waals surface area contributed by atoms with Gasteiger partial charge < -0.3 is 9.47 Å². The lowest BCUT2D eigenvalue weighted by Crippen LogP contribution is -2.14. The first kappa shape index (κ1) is 11.4. The molecule has 0 atom stereocenters. The average Bonchev–Trinajstić information content (AvgIpc) is 2.30. The van der Waals surface area contributed by atoms with Crippen LogP contribution in [0.3, 0.4) is 0 Å². The van der Waals surface area contributed by atoms with Gasteiger partial charge in [0, 0.05) is 26.6 Å². The smallest absolute Gasteiger partial charge is 0.193 e. The summed E-state index contributed by atoms with van der Waals surface area (Å²) in [7, 11) is 2.98. The van der Waals surface area contributed by atoms with Gasteiger partial charge in [-0.05, 0) is 17.7 Å². The number of hydrogen-bond donors (Lipinski definition) is 0. The van der Waals surface area contributed by atoms with E-state index < -0.39 is 6.29 Å². The molecule has 0 N–H and O–H groups in total. The number of ether oxygens (including phenoxy) is 2. The van der Waals surface area contributed by atoms with Crippen LogP contribution in [0.4, 0.5) is 0 Å². The van der Waals surface area contributed by atoms with Gasteiger partial charge in [0.15, 0.2) is 6.29 Å². The maximum atomic E-state index is 8.92. The Labute approximate surface area is 88.8 Å². The molecule has 0 radical (unpaired) electrons. The molecule has 4 heteroatoms. The van der Waals surface area contributed by atoms with Gasteiger partial charge in [0.05, 0.1) is 5.57 Å². The van der Waals surface area contributed by atoms with Crippen molar-refractivity contribution < 1.29 is 9.47 Å². The lowest BCUT2D eigenvalue weighted by atomic mass is 10.2. The second kappa shape index (κ2) is 5.91. The molecule has 0 aliphatic carbocycles. The van der Waals surface area contributed by atoms with E-state index in [1.807, 2.05) is 12.1 Å². The van der Waals surface area contributed by atoms with Crippen LogP contribution in [0.25, 0.3) is 6.08 Å². The summed E-state index contributed by atoms with van der Waals surface area (Å²) in [6.45, 7) is 0. The van der Waals surface area contributed by atoms with E-state index in [1.54, 1.807) is 24.5 Å². The SMILES string of the molecule is COC(OC)C(C#N)=Cc1cccnc1. The third-order valence-electron chi connectivity index (χ3n) is 1.82. The van der Waals surface area contributed by atoms with Crippen LogP contribution in [-0.2, 0) is 9.47 Å². The molecule has 0 amide bonds. The number of aromatic nitrogens is 1. The van der Waals surface area contributed by atoms with Gasteiger partial charge in [0.1, 0.15) is 6.07 Å². The fourth-order valence-corrected chi connectivity index (χ4v) is 1.14. The normalized spacial score (nSPS) is 11.5. The van der Waals surface area contributed by atoms with Crippen LogP contribution in [-0.4, -0.2) is 25.5 Å². The van der Waals surface area contributed by atoms with Crippen LogP contribution < -0.4 is 0 Å². The van der Waals surface area contributed by atoms with Gasteiger partial charge in [-0.25, -0.2) is 0 Å². The highest BCUT2D eigenvalue weighted by atomic mass is 16.7. The van der Waals surface area contributed by atoms with E-state index in [1.165, 1.54) is 14.2 Å². The second-order valence-electron chi connectivity index (χ2n) is 2.80. The summed E-state index contributed by atoms with van der Waals surface area (Å²) in [6.07, 6.45) is 4.40. The van der Waals surface area contributed by atoms with Crippen LogP contribution in [0.5, 0.6) is 0 Å². The molecule has 0 fully saturated rings. The van der Waals surface area contributed by atoms with Crippen molar-refractivity contribution in [1.29, 1.82) is 5.26 Å². The molecule has 0 unspecified atom stereocenters. The number of hydrogen-bond acceptors (Lipinski definition) is 4. The zero-order valence-electron chi connectivity index (χ0n) is 8.68. The first-order valence-corrected chi connectivity index (χ1v) is 4.39. The van der Waals surface area contributed by atoms with Crippen LogP contribution >= 0.6 is 0 Å². The maximum absolute atomic E-state index is 8.92. The molecule has 0 aliphatic heterocycles. The summed E-state index contributed by atoms with van der Waals surface area (Å²) in [5, 5.41) is 8.92. The number of nitrogens with zero attached hydrogens (tertiary/aromatic N) is 2. The highest BCUT2D eigenvalue weighted by Gasteiger charge is 2.11. The van der Waals surface area contributed by atoms with Gasteiger partial charge in [-0.2, -0.15) is 5.26 Å². The predicted octanol–water partition coefficient (Wildman–Crippen LogP) is 1.61. The van der Waals surface area contributed by atoms with Crippen LogP contribution in [0.15, 0.2) is 30.1 Å². The lowest BCUT2D eigenvalue weighted by Gasteiger charge is -2.11. The van der Waals surface area contributed by atoms with E-state index in [0.717, 1.165) is 5.56 Å². The summed E-state index contributed by atoms with van der Waals surface area (Å²) < 4.78 is 9.98. The summed E-state index contributed by atoms with van der Waals surface area (Å²) in [6, 6.07) is 5.69. The largest absolute Gasteiger partial charge is 0.351 e. The number of rotatable bonds is 4. The number of methoxy groups -OCH3 is 2. The minimum absolute atomic E-state index is 0.410. The van der Waals surface area contributed by atoms with Gasteiger partial charge in [-0.1, -0.05) is 6.07 Å². The Kier molecular flexibility index (Phi) is 4.48. The number of nitriles is 1. The summed E-state index contributed by atoms with van der Waals surface area (Å²) in [5.74, 6) is 0. The van der Waals surface area contributed by atoms with Gasteiger partial charge in [0.2, 0.25) is 0 Å². The van der Waals surface area contributed by atoms with Gasteiger partial charge >= 0.3 is 0 Å². The molecule has 0 aromatic carbocycles. The van der Waals surface area contributed by atoms with E-state index in [0.29, 0.717) is 5.57 Å². The molecular weight excluding hydrogens is 192 g/mol. The van der Waals surface area contributed by atoms with Crippen LogP contribution in [0.2, 0.25) is 0 Å². The fourth-order valence-electron chi connectivity index (χ4n) is 1.14. The zero-order chi connectivity index (χ0) is 11.1. The molecule has 1 heterocycles. The predicted molar refractivity (Wildman–Crippen MR) is 55.6 cm³/mol. The first-order chi connectivity index (χ1) is 7.31. The van der Waals surface area contributed by atoms with E-state index in [4.69, 9.17) is 14.7 Å². The van der Waals surface area contributed by atoms with Crippen LogP contribution in [0.1, 0.15) is 5.56 Å². The van der Waals surface area contributed by atoms with Gasteiger partial charge in [0.25, 0.3) is 0 Å². The van der Waals surface area contributed by atoms with Crippen molar-refractivity contribution >= 4 is 6.08 Å². The van der Waals surface area contributed by atoms with Crippen LogP contribution in [0, 0.1) is 11.3 Å². The first-order valence-electron chi connectivity index (χ1n) is 4.39. The van der Waals surface area contributed by atoms with Crippen molar-refractivity contribution in [3.8, 4) is 6.07 Å². The molecule has 1 rings (SSSR count). The van der Waals surface area contributed by atoms with Gasteiger partial charge in [-0.15, -0.1) is 0 Å². The van der Waals surface area contributed by atoms with Crippen molar-refractivity contribution in [2.45, 2.75) is 6.29 Å². The fraction of sp³-hybridized carbons (Fsp3) is 0.273. The second-order valence-corrected chi connectivity index (χ2v) is 2.80. The topological polar surface area (TPSA) is 55.1 Å². The monoisotopic (exact) mass is 204 g/mol. The van der Waals surface area contributed by atoms with Crippen molar-refractivity contribution in [3.63, 3.8) is 0 Å². The Morgan fingerprint density at radius 3 is 2.73 bits per heavy atom. The van der Waals surface area contributed by atoms with Crippen molar-refractivity contribution in [2.24, 2.45) is 0 Å². The molecule has 0 saturated heterocycles. The molecule has 1 aromatic rings. The van der Waals surface area contributed by atoms with Crippen molar-refractivity contribution in [3.05, 3.63) is 35.7 Å².